The Bertz CT molecular complexity index is 1150. The molecule has 2 aromatic carbocycles. The molecule has 1 aliphatic rings. The average molecular weight is 478 g/mol. The van der Waals surface area contributed by atoms with Crippen LogP contribution < -0.4 is 0 Å². The Hall–Kier alpha value is -2.36. The van der Waals surface area contributed by atoms with Gasteiger partial charge in [0.25, 0.3) is 5.22 Å². The standard InChI is InChI=1S/C21H20ClN3O4S2/c22-17-8-6-16(7-9-17)20-23-24-21(29-20)30-13-19(26)25(12-15-4-2-1-3-5-15)18-10-11-31(27,28)14-18/h1-9,18H,10-14H2. The molecule has 1 fully saturated rings. The highest BCUT2D eigenvalue weighted by Crippen LogP contribution is 2.26. The van der Waals surface area contributed by atoms with Gasteiger partial charge in [0.15, 0.2) is 9.84 Å². The molecule has 1 amide bonds. The van der Waals surface area contributed by atoms with Gasteiger partial charge in [0.2, 0.25) is 11.8 Å². The maximum atomic E-state index is 13.0. The van der Waals surface area contributed by atoms with Gasteiger partial charge in [0.1, 0.15) is 0 Å². The van der Waals surface area contributed by atoms with Gasteiger partial charge in [0, 0.05) is 23.2 Å². The first-order chi connectivity index (χ1) is 14.9. The summed E-state index contributed by atoms with van der Waals surface area (Å²) in [5.41, 5.74) is 1.69. The third kappa shape index (κ3) is 5.66. The first kappa shape index (κ1) is 21.9. The Labute approximate surface area is 189 Å². The Morgan fingerprint density at radius 3 is 2.55 bits per heavy atom. The zero-order valence-electron chi connectivity index (χ0n) is 16.5. The summed E-state index contributed by atoms with van der Waals surface area (Å²) in [7, 11) is -3.11. The fourth-order valence-electron chi connectivity index (χ4n) is 3.41. The van der Waals surface area contributed by atoms with Crippen LogP contribution in [0.3, 0.4) is 0 Å². The molecule has 3 aromatic rings. The molecule has 2 heterocycles. The fraction of sp³-hybridized carbons (Fsp3) is 0.286. The van der Waals surface area contributed by atoms with E-state index in [1.54, 1.807) is 29.2 Å². The van der Waals surface area contributed by atoms with E-state index < -0.39 is 9.84 Å². The molecule has 0 radical (unpaired) electrons. The number of nitrogens with zero attached hydrogens (tertiary/aromatic N) is 3. The minimum absolute atomic E-state index is 0.00247. The molecule has 31 heavy (non-hydrogen) atoms. The molecule has 7 nitrogen and oxygen atoms in total. The molecule has 4 rings (SSSR count). The summed E-state index contributed by atoms with van der Waals surface area (Å²) in [4.78, 5) is 14.7. The second-order valence-corrected chi connectivity index (χ2v) is 10.8. The van der Waals surface area contributed by atoms with Crippen LogP contribution in [0.15, 0.2) is 64.2 Å². The third-order valence-electron chi connectivity index (χ3n) is 4.98. The summed E-state index contributed by atoms with van der Waals surface area (Å²) in [6.45, 7) is 0.361. The van der Waals surface area contributed by atoms with E-state index in [2.05, 4.69) is 10.2 Å². The zero-order chi connectivity index (χ0) is 21.8. The van der Waals surface area contributed by atoms with Crippen molar-refractivity contribution in [2.45, 2.75) is 24.2 Å². The summed E-state index contributed by atoms with van der Waals surface area (Å²) in [5, 5.41) is 8.90. The lowest BCUT2D eigenvalue weighted by molar-refractivity contribution is -0.130. The number of rotatable bonds is 7. The number of hydrogen-bond donors (Lipinski definition) is 0. The number of benzene rings is 2. The van der Waals surface area contributed by atoms with Crippen molar-refractivity contribution < 1.29 is 17.6 Å². The van der Waals surface area contributed by atoms with Crippen LogP contribution in [-0.2, 0) is 21.2 Å². The molecule has 1 aromatic heterocycles. The number of hydrogen-bond acceptors (Lipinski definition) is 7. The lowest BCUT2D eigenvalue weighted by atomic mass is 10.1. The van der Waals surface area contributed by atoms with Crippen LogP contribution in [0.5, 0.6) is 0 Å². The van der Waals surface area contributed by atoms with Crippen LogP contribution in [0.2, 0.25) is 5.02 Å². The number of carbonyl (C=O) groups is 1. The monoisotopic (exact) mass is 477 g/mol. The molecule has 0 aliphatic carbocycles. The molecule has 162 valence electrons. The van der Waals surface area contributed by atoms with Crippen LogP contribution in [-0.4, -0.2) is 52.7 Å². The van der Waals surface area contributed by atoms with Crippen LogP contribution >= 0.6 is 23.4 Å². The van der Waals surface area contributed by atoms with E-state index in [9.17, 15) is 13.2 Å². The number of aromatic nitrogens is 2. The number of thioether (sulfide) groups is 1. The molecule has 0 spiro atoms. The largest absolute Gasteiger partial charge is 0.411 e. The molecule has 1 aliphatic heterocycles. The lowest BCUT2D eigenvalue weighted by Gasteiger charge is -2.28. The lowest BCUT2D eigenvalue weighted by Crippen LogP contribution is -2.41. The van der Waals surface area contributed by atoms with Gasteiger partial charge in [-0.25, -0.2) is 8.42 Å². The van der Waals surface area contributed by atoms with Crippen molar-refractivity contribution in [2.24, 2.45) is 0 Å². The van der Waals surface area contributed by atoms with Crippen molar-refractivity contribution in [1.29, 1.82) is 0 Å². The molecular weight excluding hydrogens is 458 g/mol. The van der Waals surface area contributed by atoms with Crippen molar-refractivity contribution in [2.75, 3.05) is 17.3 Å². The summed E-state index contributed by atoms with van der Waals surface area (Å²) in [6.07, 6.45) is 0.451. The smallest absolute Gasteiger partial charge is 0.277 e. The van der Waals surface area contributed by atoms with E-state index in [0.717, 1.165) is 22.9 Å². The highest BCUT2D eigenvalue weighted by molar-refractivity contribution is 7.99. The maximum Gasteiger partial charge on any atom is 0.277 e. The number of halogens is 1. The Morgan fingerprint density at radius 2 is 1.87 bits per heavy atom. The number of amides is 1. The summed E-state index contributed by atoms with van der Waals surface area (Å²) in [6, 6.07) is 16.2. The van der Waals surface area contributed by atoms with E-state index in [1.165, 1.54) is 0 Å². The van der Waals surface area contributed by atoms with Crippen molar-refractivity contribution >= 4 is 39.1 Å². The zero-order valence-corrected chi connectivity index (χ0v) is 18.9. The quantitative estimate of drug-likeness (QED) is 0.479. The van der Waals surface area contributed by atoms with Gasteiger partial charge in [-0.1, -0.05) is 53.7 Å². The first-order valence-electron chi connectivity index (χ1n) is 9.66. The Kier molecular flexibility index (Phi) is 6.64. The first-order valence-corrected chi connectivity index (χ1v) is 12.8. The third-order valence-corrected chi connectivity index (χ3v) is 7.79. The van der Waals surface area contributed by atoms with Crippen molar-refractivity contribution in [3.63, 3.8) is 0 Å². The Morgan fingerprint density at radius 1 is 1.13 bits per heavy atom. The molecular formula is C21H20ClN3O4S2. The topological polar surface area (TPSA) is 93.4 Å². The minimum atomic E-state index is -3.11. The maximum absolute atomic E-state index is 13.0. The predicted molar refractivity (Wildman–Crippen MR) is 120 cm³/mol. The second kappa shape index (κ2) is 9.42. The summed E-state index contributed by atoms with van der Waals surface area (Å²) in [5.74, 6) is 0.359. The molecule has 10 heteroatoms. The molecule has 0 N–H and O–H groups in total. The second-order valence-electron chi connectivity index (χ2n) is 7.23. The van der Waals surface area contributed by atoms with Crippen molar-refractivity contribution in [1.82, 2.24) is 15.1 Å². The molecule has 0 bridgehead atoms. The van der Waals surface area contributed by atoms with E-state index in [1.807, 2.05) is 30.3 Å². The number of sulfone groups is 1. The van der Waals surface area contributed by atoms with E-state index in [-0.39, 0.29) is 34.4 Å². The van der Waals surface area contributed by atoms with Crippen molar-refractivity contribution in [3.05, 3.63) is 65.2 Å². The van der Waals surface area contributed by atoms with Gasteiger partial charge in [0.05, 0.1) is 17.3 Å². The molecule has 1 atom stereocenters. The van der Waals surface area contributed by atoms with E-state index >= 15 is 0 Å². The van der Waals surface area contributed by atoms with Gasteiger partial charge in [-0.3, -0.25) is 4.79 Å². The Balaban J connectivity index is 1.44. The average Bonchev–Trinajstić information content (AvgIpc) is 3.38. The van der Waals surface area contributed by atoms with Crippen LogP contribution in [0.25, 0.3) is 11.5 Å². The fourth-order valence-corrected chi connectivity index (χ4v) is 5.91. The minimum Gasteiger partial charge on any atom is -0.411 e. The van der Waals surface area contributed by atoms with Gasteiger partial charge in [-0.15, -0.1) is 10.2 Å². The van der Waals surface area contributed by atoms with E-state index in [0.29, 0.717) is 23.9 Å². The summed E-state index contributed by atoms with van der Waals surface area (Å²) >= 11 is 7.04. The van der Waals surface area contributed by atoms with Crippen molar-refractivity contribution in [3.8, 4) is 11.5 Å². The SMILES string of the molecule is O=C(CSc1nnc(-c2ccc(Cl)cc2)o1)N(Cc1ccccc1)C1CCS(=O)(=O)C1. The predicted octanol–water partition coefficient (Wildman–Crippen LogP) is 3.70. The molecule has 0 saturated carbocycles. The summed E-state index contributed by atoms with van der Waals surface area (Å²) < 4.78 is 29.6. The van der Waals surface area contributed by atoms with Crippen LogP contribution in [0, 0.1) is 0 Å². The van der Waals surface area contributed by atoms with E-state index in [4.69, 9.17) is 16.0 Å². The van der Waals surface area contributed by atoms with Crippen LogP contribution in [0.1, 0.15) is 12.0 Å². The van der Waals surface area contributed by atoms with Gasteiger partial charge in [-0.2, -0.15) is 0 Å². The van der Waals surface area contributed by atoms with Crippen LogP contribution in [0.4, 0.5) is 0 Å². The normalized spacial score (nSPS) is 17.5. The molecule has 1 unspecified atom stereocenters. The van der Waals surface area contributed by atoms with Gasteiger partial charge < -0.3 is 9.32 Å². The molecule has 1 saturated heterocycles. The highest BCUT2D eigenvalue weighted by atomic mass is 35.5. The van der Waals surface area contributed by atoms with Gasteiger partial charge >= 0.3 is 0 Å². The number of carbonyl (C=O) groups excluding carboxylic acids is 1. The highest BCUT2D eigenvalue weighted by Gasteiger charge is 2.34. The van der Waals surface area contributed by atoms with Gasteiger partial charge in [-0.05, 0) is 36.2 Å².